The Labute approximate surface area is 153 Å². The Kier molecular flexibility index (Phi) is 7.07. The van der Waals surface area contributed by atoms with Crippen molar-refractivity contribution >= 4 is 11.8 Å². The third kappa shape index (κ3) is 4.57. The molecular formula is C22H24F2O2. The molecule has 0 aliphatic carbocycles. The highest BCUT2D eigenvalue weighted by molar-refractivity contribution is 5.92. The van der Waals surface area contributed by atoms with Crippen LogP contribution in [0.2, 0.25) is 0 Å². The van der Waals surface area contributed by atoms with Crippen molar-refractivity contribution in [3.05, 3.63) is 65.0 Å². The third-order valence-corrected chi connectivity index (χ3v) is 4.34. The predicted molar refractivity (Wildman–Crippen MR) is 101 cm³/mol. The normalized spacial score (nSPS) is 12.0. The number of allylic oxidation sites excluding steroid dienone is 1. The molecule has 0 aliphatic rings. The van der Waals surface area contributed by atoms with Gasteiger partial charge in [-0.1, -0.05) is 56.7 Å². The van der Waals surface area contributed by atoms with E-state index in [1.54, 1.807) is 31.2 Å². The first-order valence-corrected chi connectivity index (χ1v) is 8.99. The van der Waals surface area contributed by atoms with Gasteiger partial charge >= 0.3 is 5.97 Å². The van der Waals surface area contributed by atoms with E-state index in [9.17, 15) is 18.7 Å². The molecule has 0 aliphatic heterocycles. The van der Waals surface area contributed by atoms with Crippen molar-refractivity contribution in [3.63, 3.8) is 0 Å². The van der Waals surface area contributed by atoms with E-state index < -0.39 is 17.6 Å². The molecule has 0 saturated carbocycles. The molecular weight excluding hydrogens is 334 g/mol. The van der Waals surface area contributed by atoms with E-state index in [0.717, 1.165) is 29.5 Å². The molecule has 0 radical (unpaired) electrons. The summed E-state index contributed by atoms with van der Waals surface area (Å²) in [6, 6.07) is 11.7. The Morgan fingerprint density at radius 1 is 1.00 bits per heavy atom. The van der Waals surface area contributed by atoms with Crippen LogP contribution in [0.15, 0.2) is 48.3 Å². The number of benzene rings is 2. The van der Waals surface area contributed by atoms with Crippen LogP contribution in [0, 0.1) is 0 Å². The predicted octanol–water partition coefficient (Wildman–Crippen LogP) is 6.80. The molecule has 0 spiro atoms. The summed E-state index contributed by atoms with van der Waals surface area (Å²) in [7, 11) is 0. The van der Waals surface area contributed by atoms with Crippen LogP contribution in [-0.2, 0) is 6.42 Å². The molecule has 0 aromatic heterocycles. The molecule has 0 fully saturated rings. The number of carbonyl (C=O) groups is 1. The fourth-order valence-corrected chi connectivity index (χ4v) is 2.96. The summed E-state index contributed by atoms with van der Waals surface area (Å²) >= 11 is 0. The summed E-state index contributed by atoms with van der Waals surface area (Å²) in [5.41, 5.74) is 2.89. The van der Waals surface area contributed by atoms with Crippen molar-refractivity contribution < 1.29 is 18.7 Å². The van der Waals surface area contributed by atoms with Gasteiger partial charge in [0.15, 0.2) is 5.83 Å². The second-order valence-corrected chi connectivity index (χ2v) is 6.29. The average Bonchev–Trinajstić information content (AvgIpc) is 2.65. The molecule has 2 nitrogen and oxygen atoms in total. The molecule has 0 heterocycles. The maximum atomic E-state index is 14.1. The SMILES string of the molecule is CCCCc1c(C(=O)O)cccc1-c1ccc(/C(F)=C(\F)CCC)cc1. The van der Waals surface area contributed by atoms with Crippen LogP contribution < -0.4 is 0 Å². The monoisotopic (exact) mass is 358 g/mol. The molecule has 0 bridgehead atoms. The van der Waals surface area contributed by atoms with E-state index in [-0.39, 0.29) is 12.0 Å². The first-order valence-electron chi connectivity index (χ1n) is 8.99. The van der Waals surface area contributed by atoms with Gasteiger partial charge in [0.25, 0.3) is 0 Å². The molecule has 0 saturated heterocycles. The minimum Gasteiger partial charge on any atom is -0.478 e. The second-order valence-electron chi connectivity index (χ2n) is 6.29. The van der Waals surface area contributed by atoms with E-state index in [4.69, 9.17) is 0 Å². The van der Waals surface area contributed by atoms with Gasteiger partial charge in [0.05, 0.1) is 5.56 Å². The standard InChI is InChI=1S/C22H24F2O2/c1-3-5-8-18-17(9-6-10-19(18)22(25)26)15-11-13-16(14-12-15)21(24)20(23)7-4-2/h6,9-14H,3-5,7-8H2,1-2H3,(H,25,26)/b21-20+. The van der Waals surface area contributed by atoms with E-state index in [0.29, 0.717) is 18.4 Å². The first kappa shape index (κ1) is 19.8. The maximum absolute atomic E-state index is 14.1. The molecule has 2 rings (SSSR count). The van der Waals surface area contributed by atoms with E-state index in [1.807, 2.05) is 6.07 Å². The number of hydrogen-bond donors (Lipinski definition) is 1. The van der Waals surface area contributed by atoms with Crippen LogP contribution in [0.25, 0.3) is 17.0 Å². The van der Waals surface area contributed by atoms with Crippen molar-refractivity contribution in [2.75, 3.05) is 0 Å². The van der Waals surface area contributed by atoms with Gasteiger partial charge in [-0.2, -0.15) is 0 Å². The van der Waals surface area contributed by atoms with Crippen molar-refractivity contribution in [3.8, 4) is 11.1 Å². The molecule has 138 valence electrons. The van der Waals surface area contributed by atoms with Crippen LogP contribution >= 0.6 is 0 Å². The highest BCUT2D eigenvalue weighted by Crippen LogP contribution is 2.31. The Morgan fingerprint density at radius 2 is 1.69 bits per heavy atom. The molecule has 0 unspecified atom stereocenters. The third-order valence-electron chi connectivity index (χ3n) is 4.34. The number of carboxylic acid groups (broad SMARTS) is 1. The van der Waals surface area contributed by atoms with Gasteiger partial charge in [-0.3, -0.25) is 0 Å². The van der Waals surface area contributed by atoms with Crippen molar-refractivity contribution in [2.45, 2.75) is 46.0 Å². The summed E-state index contributed by atoms with van der Waals surface area (Å²) in [5.74, 6) is -2.52. The molecule has 0 atom stereocenters. The van der Waals surface area contributed by atoms with Gasteiger partial charge in [0.1, 0.15) is 5.83 Å². The Morgan fingerprint density at radius 3 is 2.27 bits per heavy atom. The van der Waals surface area contributed by atoms with Crippen LogP contribution in [-0.4, -0.2) is 11.1 Å². The smallest absolute Gasteiger partial charge is 0.335 e. The van der Waals surface area contributed by atoms with Gasteiger partial charge < -0.3 is 5.11 Å². The topological polar surface area (TPSA) is 37.3 Å². The maximum Gasteiger partial charge on any atom is 0.335 e. The lowest BCUT2D eigenvalue weighted by atomic mass is 9.91. The first-order chi connectivity index (χ1) is 12.5. The number of rotatable bonds is 8. The number of aromatic carboxylic acids is 1. The Balaban J connectivity index is 2.44. The Bertz CT molecular complexity index is 792. The highest BCUT2D eigenvalue weighted by Gasteiger charge is 2.15. The molecule has 2 aromatic rings. The van der Waals surface area contributed by atoms with Gasteiger partial charge in [-0.25, -0.2) is 13.6 Å². The van der Waals surface area contributed by atoms with Crippen molar-refractivity contribution in [1.82, 2.24) is 0 Å². The zero-order chi connectivity index (χ0) is 19.1. The number of unbranched alkanes of at least 4 members (excludes halogenated alkanes) is 1. The molecule has 4 heteroatoms. The summed E-state index contributed by atoms with van der Waals surface area (Å²) in [6.07, 6.45) is 3.12. The summed E-state index contributed by atoms with van der Waals surface area (Å²) in [5, 5.41) is 9.47. The largest absolute Gasteiger partial charge is 0.478 e. The van der Waals surface area contributed by atoms with Crippen LogP contribution in [0.5, 0.6) is 0 Å². The lowest BCUT2D eigenvalue weighted by Gasteiger charge is -2.13. The summed E-state index contributed by atoms with van der Waals surface area (Å²) in [4.78, 5) is 11.6. The fourth-order valence-electron chi connectivity index (χ4n) is 2.96. The van der Waals surface area contributed by atoms with Gasteiger partial charge in [-0.05, 0) is 42.0 Å². The van der Waals surface area contributed by atoms with Gasteiger partial charge in [-0.15, -0.1) is 0 Å². The summed E-state index contributed by atoms with van der Waals surface area (Å²) < 4.78 is 27.8. The molecule has 1 N–H and O–H groups in total. The van der Waals surface area contributed by atoms with Crippen LogP contribution in [0.4, 0.5) is 8.78 Å². The molecule has 26 heavy (non-hydrogen) atoms. The van der Waals surface area contributed by atoms with Crippen LogP contribution in [0.3, 0.4) is 0 Å². The number of halogens is 2. The van der Waals surface area contributed by atoms with Gasteiger partial charge in [0, 0.05) is 12.0 Å². The van der Waals surface area contributed by atoms with Gasteiger partial charge in [0.2, 0.25) is 0 Å². The highest BCUT2D eigenvalue weighted by atomic mass is 19.2. The number of carboxylic acids is 1. The van der Waals surface area contributed by atoms with Crippen molar-refractivity contribution in [1.29, 1.82) is 0 Å². The summed E-state index contributed by atoms with van der Waals surface area (Å²) in [6.45, 7) is 3.85. The minimum absolute atomic E-state index is 0.0788. The number of hydrogen-bond acceptors (Lipinski definition) is 1. The zero-order valence-corrected chi connectivity index (χ0v) is 15.2. The average molecular weight is 358 g/mol. The fraction of sp³-hybridized carbons (Fsp3) is 0.318. The quantitative estimate of drug-likeness (QED) is 0.563. The molecule has 0 amide bonds. The lowest BCUT2D eigenvalue weighted by Crippen LogP contribution is -2.04. The van der Waals surface area contributed by atoms with E-state index >= 15 is 0 Å². The minimum atomic E-state index is -0.954. The molecule has 2 aromatic carbocycles. The second kappa shape index (κ2) is 9.27. The van der Waals surface area contributed by atoms with E-state index in [2.05, 4.69) is 6.92 Å². The lowest BCUT2D eigenvalue weighted by molar-refractivity contribution is 0.0695. The van der Waals surface area contributed by atoms with E-state index in [1.165, 1.54) is 12.1 Å². The Hall–Kier alpha value is -2.49. The zero-order valence-electron chi connectivity index (χ0n) is 15.2. The van der Waals surface area contributed by atoms with Crippen LogP contribution in [0.1, 0.15) is 61.0 Å². The van der Waals surface area contributed by atoms with Crippen molar-refractivity contribution in [2.24, 2.45) is 0 Å².